The van der Waals surface area contributed by atoms with Gasteiger partial charge in [-0.1, -0.05) is 52.6 Å². The number of thiophene rings is 1. The minimum absolute atomic E-state index is 0.220. The summed E-state index contributed by atoms with van der Waals surface area (Å²) in [6.45, 7) is 6.77. The summed E-state index contributed by atoms with van der Waals surface area (Å²) in [7, 11) is 0. The van der Waals surface area contributed by atoms with Gasteiger partial charge in [-0.25, -0.2) is 0 Å². The van der Waals surface area contributed by atoms with Crippen molar-refractivity contribution in [3.05, 3.63) is 53.7 Å². The molecule has 0 aliphatic heterocycles. The summed E-state index contributed by atoms with van der Waals surface area (Å²) >= 11 is 11.7. The molecular formula is C15H15Br2IS. The molecule has 0 aliphatic carbocycles. The van der Waals surface area contributed by atoms with Crippen LogP contribution in [0.1, 0.15) is 40.9 Å². The minimum atomic E-state index is 0.220. The summed E-state index contributed by atoms with van der Waals surface area (Å²) in [4.78, 5) is 3.03. The second kappa shape index (κ2) is 6.16. The van der Waals surface area contributed by atoms with E-state index in [2.05, 4.69) is 106 Å². The van der Waals surface area contributed by atoms with Crippen LogP contribution in [0, 0.1) is 3.57 Å². The lowest BCUT2D eigenvalue weighted by atomic mass is 9.95. The van der Waals surface area contributed by atoms with Crippen LogP contribution in [0.2, 0.25) is 0 Å². The van der Waals surface area contributed by atoms with E-state index in [4.69, 9.17) is 0 Å². The van der Waals surface area contributed by atoms with Gasteiger partial charge in [0, 0.05) is 17.8 Å². The summed E-state index contributed by atoms with van der Waals surface area (Å²) in [6, 6.07) is 10.9. The second-order valence-corrected chi connectivity index (χ2v) is 9.61. The number of benzene rings is 1. The van der Waals surface area contributed by atoms with Gasteiger partial charge in [0.05, 0.1) is 4.83 Å². The topological polar surface area (TPSA) is 0 Å². The Balaban J connectivity index is 2.36. The van der Waals surface area contributed by atoms with Crippen LogP contribution in [-0.2, 0) is 5.41 Å². The van der Waals surface area contributed by atoms with Gasteiger partial charge >= 0.3 is 0 Å². The first-order chi connectivity index (χ1) is 8.79. The van der Waals surface area contributed by atoms with Crippen LogP contribution in [0.25, 0.3) is 0 Å². The van der Waals surface area contributed by atoms with Gasteiger partial charge in [0.25, 0.3) is 0 Å². The molecule has 102 valence electrons. The molecule has 0 saturated heterocycles. The van der Waals surface area contributed by atoms with E-state index in [1.807, 2.05) is 11.3 Å². The minimum Gasteiger partial charge on any atom is -0.143 e. The predicted octanol–water partition coefficient (Wildman–Crippen LogP) is 6.90. The molecule has 0 saturated carbocycles. The first-order valence-electron chi connectivity index (χ1n) is 5.98. The fraction of sp³-hybridized carbons (Fsp3) is 0.333. The first-order valence-corrected chi connectivity index (χ1v) is 9.58. The lowest BCUT2D eigenvalue weighted by molar-refractivity contribution is 0.604. The van der Waals surface area contributed by atoms with Gasteiger partial charge < -0.3 is 0 Å². The number of alkyl halides is 1. The average molecular weight is 514 g/mol. The molecule has 0 aliphatic rings. The van der Waals surface area contributed by atoms with E-state index in [0.29, 0.717) is 0 Å². The van der Waals surface area contributed by atoms with E-state index >= 15 is 0 Å². The maximum absolute atomic E-state index is 3.84. The number of hydrogen-bond acceptors (Lipinski definition) is 1. The Morgan fingerprint density at radius 3 is 2.42 bits per heavy atom. The monoisotopic (exact) mass is 512 g/mol. The van der Waals surface area contributed by atoms with Crippen LogP contribution >= 0.6 is 65.8 Å². The molecule has 2 rings (SSSR count). The Bertz CT molecular complexity index is 584. The fourth-order valence-electron chi connectivity index (χ4n) is 1.75. The van der Waals surface area contributed by atoms with Gasteiger partial charge in [-0.2, -0.15) is 0 Å². The number of hydrogen-bond donors (Lipinski definition) is 0. The molecule has 1 aromatic carbocycles. The predicted molar refractivity (Wildman–Crippen MR) is 101 cm³/mol. The maximum Gasteiger partial charge on any atom is 0.0749 e. The molecule has 1 aromatic heterocycles. The van der Waals surface area contributed by atoms with Gasteiger partial charge in [0.1, 0.15) is 0 Å². The second-order valence-electron chi connectivity index (χ2n) is 5.48. The molecule has 1 atom stereocenters. The molecule has 1 heterocycles. The Kier molecular flexibility index (Phi) is 5.18. The molecule has 0 bridgehead atoms. The molecule has 0 N–H and O–H groups in total. The van der Waals surface area contributed by atoms with E-state index in [1.54, 1.807) is 0 Å². The van der Waals surface area contributed by atoms with E-state index in [0.717, 1.165) is 4.47 Å². The van der Waals surface area contributed by atoms with Crippen molar-refractivity contribution in [1.82, 2.24) is 0 Å². The van der Waals surface area contributed by atoms with Crippen molar-refractivity contribution in [2.45, 2.75) is 31.0 Å². The van der Waals surface area contributed by atoms with Crippen LogP contribution in [0.4, 0.5) is 0 Å². The number of halogens is 3. The van der Waals surface area contributed by atoms with E-state index < -0.39 is 0 Å². The van der Waals surface area contributed by atoms with Gasteiger partial charge in [0.15, 0.2) is 0 Å². The summed E-state index contributed by atoms with van der Waals surface area (Å²) in [5, 5.41) is 0. The van der Waals surface area contributed by atoms with Crippen molar-refractivity contribution in [3.8, 4) is 0 Å². The Labute approximate surface area is 149 Å². The van der Waals surface area contributed by atoms with Crippen LogP contribution in [-0.4, -0.2) is 0 Å². The zero-order valence-corrected chi connectivity index (χ0v) is 17.2. The smallest absolute Gasteiger partial charge is 0.0749 e. The fourth-order valence-corrected chi connectivity index (χ4v) is 4.93. The molecule has 1 unspecified atom stereocenters. The highest BCUT2D eigenvalue weighted by Crippen LogP contribution is 2.41. The van der Waals surface area contributed by atoms with Crippen molar-refractivity contribution in [2.24, 2.45) is 0 Å². The van der Waals surface area contributed by atoms with E-state index in [1.165, 1.54) is 18.9 Å². The Morgan fingerprint density at radius 2 is 1.84 bits per heavy atom. The van der Waals surface area contributed by atoms with Crippen LogP contribution < -0.4 is 0 Å². The highest BCUT2D eigenvalue weighted by Gasteiger charge is 2.20. The Morgan fingerprint density at radius 1 is 1.16 bits per heavy atom. The van der Waals surface area contributed by atoms with Gasteiger partial charge in [0.2, 0.25) is 0 Å². The first kappa shape index (κ1) is 16.0. The van der Waals surface area contributed by atoms with Crippen molar-refractivity contribution in [1.29, 1.82) is 0 Å². The lowest BCUT2D eigenvalue weighted by Crippen LogP contribution is -2.07. The quantitative estimate of drug-likeness (QED) is 0.303. The summed E-state index contributed by atoms with van der Waals surface area (Å²) < 4.78 is 2.41. The molecule has 2 aromatic rings. The molecule has 4 heteroatoms. The Hall–Kier alpha value is 0.610. The van der Waals surface area contributed by atoms with Crippen molar-refractivity contribution in [3.63, 3.8) is 0 Å². The summed E-state index contributed by atoms with van der Waals surface area (Å²) in [5.74, 6) is 0. The number of rotatable bonds is 2. The molecular weight excluding hydrogens is 499 g/mol. The molecule has 19 heavy (non-hydrogen) atoms. The van der Waals surface area contributed by atoms with Gasteiger partial charge in [-0.3, -0.25) is 0 Å². The summed E-state index contributed by atoms with van der Waals surface area (Å²) in [6.07, 6.45) is 0. The standard InChI is InChI=1S/C15H15Br2IS/c1-15(2,3)13-7-6-12(19-13)14(17)10-8-9(18)4-5-11(10)16/h4-8,14H,1-3H3. The molecule has 0 nitrogen and oxygen atoms in total. The SMILES string of the molecule is CC(C)(C)c1ccc(C(Br)c2cc(I)ccc2Br)s1. The molecule has 0 amide bonds. The van der Waals surface area contributed by atoms with E-state index in [9.17, 15) is 0 Å². The van der Waals surface area contributed by atoms with Gasteiger partial charge in [-0.05, 0) is 63.9 Å². The van der Waals surface area contributed by atoms with Crippen LogP contribution in [0.15, 0.2) is 34.8 Å². The van der Waals surface area contributed by atoms with Crippen LogP contribution in [0.5, 0.6) is 0 Å². The third kappa shape index (κ3) is 3.83. The third-order valence-electron chi connectivity index (χ3n) is 2.85. The average Bonchev–Trinajstić information content (AvgIpc) is 2.80. The molecule has 0 spiro atoms. The zero-order chi connectivity index (χ0) is 14.2. The van der Waals surface area contributed by atoms with Gasteiger partial charge in [-0.15, -0.1) is 11.3 Å². The summed E-state index contributed by atoms with van der Waals surface area (Å²) in [5.41, 5.74) is 1.51. The molecule has 0 fully saturated rings. The van der Waals surface area contributed by atoms with E-state index in [-0.39, 0.29) is 10.2 Å². The van der Waals surface area contributed by atoms with Crippen LogP contribution in [0.3, 0.4) is 0 Å². The maximum atomic E-state index is 3.84. The van der Waals surface area contributed by atoms with Crippen molar-refractivity contribution in [2.75, 3.05) is 0 Å². The lowest BCUT2D eigenvalue weighted by Gasteiger charge is -2.16. The van der Waals surface area contributed by atoms with Crippen molar-refractivity contribution >= 4 is 65.8 Å². The highest BCUT2D eigenvalue weighted by molar-refractivity contribution is 14.1. The van der Waals surface area contributed by atoms with Crippen molar-refractivity contribution < 1.29 is 0 Å². The molecule has 0 radical (unpaired) electrons. The third-order valence-corrected chi connectivity index (χ3v) is 7.11. The normalized spacial score (nSPS) is 13.6. The highest BCUT2D eigenvalue weighted by atomic mass is 127. The zero-order valence-electron chi connectivity index (χ0n) is 11.0. The largest absolute Gasteiger partial charge is 0.143 e.